The number of nitrogens with one attached hydrogen (secondary N) is 1. The molecule has 0 aliphatic carbocycles. The average molecular weight is 429 g/mol. The first-order chi connectivity index (χ1) is 14.7. The van der Waals surface area contributed by atoms with E-state index in [-0.39, 0.29) is 11.8 Å². The van der Waals surface area contributed by atoms with Gasteiger partial charge in [0.25, 0.3) is 0 Å². The molecule has 1 heterocycles. The number of nitrogens with zero attached hydrogens (tertiary/aromatic N) is 1. The minimum Gasteiger partial charge on any atom is -0.493 e. The molecule has 0 bridgehead atoms. The van der Waals surface area contributed by atoms with Crippen LogP contribution in [-0.4, -0.2) is 37.0 Å². The van der Waals surface area contributed by atoms with Gasteiger partial charge in [-0.2, -0.15) is 0 Å². The molecule has 1 atom stereocenters. The number of amides is 1. The molecule has 0 radical (unpaired) electrons. The van der Waals surface area contributed by atoms with Gasteiger partial charge in [-0.3, -0.25) is 9.69 Å². The molecule has 0 saturated carbocycles. The van der Waals surface area contributed by atoms with E-state index in [1.165, 1.54) is 5.56 Å². The van der Waals surface area contributed by atoms with Crippen molar-refractivity contribution in [2.45, 2.75) is 45.6 Å². The fraction of sp³-hybridized carbons (Fsp3) is 0.480. The number of carbonyl (C=O) groups excluding carboxylic acids is 1. The fourth-order valence-corrected chi connectivity index (χ4v) is 4.17. The topological polar surface area (TPSA) is 41.6 Å². The highest BCUT2D eigenvalue weighted by Crippen LogP contribution is 2.23. The zero-order valence-electron chi connectivity index (χ0n) is 17.9. The van der Waals surface area contributed by atoms with Crippen molar-refractivity contribution < 1.29 is 9.53 Å². The molecule has 0 spiro atoms. The van der Waals surface area contributed by atoms with Gasteiger partial charge < -0.3 is 10.1 Å². The first kappa shape index (κ1) is 22.6. The van der Waals surface area contributed by atoms with E-state index in [1.807, 2.05) is 36.4 Å². The molecule has 3 rings (SSSR count). The smallest absolute Gasteiger partial charge is 0.224 e. The molecule has 2 aromatic rings. The van der Waals surface area contributed by atoms with Crippen LogP contribution in [-0.2, 0) is 17.8 Å². The number of rotatable bonds is 10. The van der Waals surface area contributed by atoms with Gasteiger partial charge >= 0.3 is 0 Å². The number of hydrogen-bond acceptors (Lipinski definition) is 3. The molecule has 4 nitrogen and oxygen atoms in total. The van der Waals surface area contributed by atoms with Crippen LogP contribution in [0.15, 0.2) is 48.5 Å². The molecule has 5 heteroatoms. The van der Waals surface area contributed by atoms with Crippen molar-refractivity contribution in [3.05, 3.63) is 64.7 Å². The number of hydrogen-bond donors (Lipinski definition) is 1. The number of carbonyl (C=O) groups is 1. The van der Waals surface area contributed by atoms with Crippen LogP contribution in [0.2, 0.25) is 5.02 Å². The Morgan fingerprint density at radius 2 is 1.93 bits per heavy atom. The third-order valence-corrected chi connectivity index (χ3v) is 5.95. The number of piperidine rings is 1. The summed E-state index contributed by atoms with van der Waals surface area (Å²) < 4.78 is 5.83. The molecule has 1 saturated heterocycles. The summed E-state index contributed by atoms with van der Waals surface area (Å²) in [4.78, 5) is 15.0. The zero-order valence-corrected chi connectivity index (χ0v) is 18.7. The summed E-state index contributed by atoms with van der Waals surface area (Å²) in [6.07, 6.45) is 4.82. The van der Waals surface area contributed by atoms with Crippen LogP contribution in [0.25, 0.3) is 0 Å². The van der Waals surface area contributed by atoms with Crippen molar-refractivity contribution in [2.24, 2.45) is 5.92 Å². The molecular weight excluding hydrogens is 396 g/mol. The molecule has 1 aliphatic heterocycles. The van der Waals surface area contributed by atoms with Crippen molar-refractivity contribution in [1.82, 2.24) is 10.2 Å². The summed E-state index contributed by atoms with van der Waals surface area (Å²) >= 11 is 6.30. The van der Waals surface area contributed by atoms with Crippen LogP contribution in [0.5, 0.6) is 5.75 Å². The van der Waals surface area contributed by atoms with Crippen molar-refractivity contribution >= 4 is 17.5 Å². The summed E-state index contributed by atoms with van der Waals surface area (Å²) in [5, 5.41) is 3.95. The lowest BCUT2D eigenvalue weighted by Gasteiger charge is -2.32. The van der Waals surface area contributed by atoms with E-state index in [1.54, 1.807) is 0 Å². The molecule has 0 aromatic heterocycles. The Bertz CT molecular complexity index is 811. The molecule has 1 amide bonds. The van der Waals surface area contributed by atoms with E-state index in [9.17, 15) is 4.79 Å². The Balaban J connectivity index is 1.42. The standard InChI is InChI=1S/C25H33ClN2O2/c1-2-17-30-24-14-6-4-9-20(24)11-7-15-27-25(29)22-12-8-16-28(19-22)18-21-10-3-5-13-23(21)26/h3-6,9-10,13-14,22H,2,7-8,11-12,15-19H2,1H3,(H,27,29)/t22-/m0/s1. The number of ether oxygens (including phenoxy) is 1. The maximum absolute atomic E-state index is 12.7. The SMILES string of the molecule is CCCOc1ccccc1CCCNC(=O)[C@H]1CCCN(Cc2ccccc2Cl)C1. The van der Waals surface area contributed by atoms with E-state index in [4.69, 9.17) is 16.3 Å². The fourth-order valence-electron chi connectivity index (χ4n) is 3.98. The van der Waals surface area contributed by atoms with E-state index >= 15 is 0 Å². The maximum atomic E-state index is 12.7. The van der Waals surface area contributed by atoms with Gasteiger partial charge in [-0.1, -0.05) is 54.9 Å². The van der Waals surface area contributed by atoms with Crippen molar-refractivity contribution in [3.8, 4) is 5.75 Å². The highest BCUT2D eigenvalue weighted by Gasteiger charge is 2.25. The predicted octanol–water partition coefficient (Wildman–Crippen LogP) is 5.09. The summed E-state index contributed by atoms with van der Waals surface area (Å²) in [6.45, 7) is 6.16. The summed E-state index contributed by atoms with van der Waals surface area (Å²) in [5.74, 6) is 1.20. The number of benzene rings is 2. The molecule has 1 fully saturated rings. The van der Waals surface area contributed by atoms with E-state index in [0.717, 1.165) is 74.7 Å². The molecule has 1 N–H and O–H groups in total. The van der Waals surface area contributed by atoms with Crippen LogP contribution in [0.3, 0.4) is 0 Å². The van der Waals surface area contributed by atoms with Crippen molar-refractivity contribution in [3.63, 3.8) is 0 Å². The van der Waals surface area contributed by atoms with E-state index < -0.39 is 0 Å². The Morgan fingerprint density at radius 3 is 2.73 bits per heavy atom. The second kappa shape index (κ2) is 12.0. The maximum Gasteiger partial charge on any atom is 0.224 e. The Kier molecular flexibility index (Phi) is 9.03. The Labute approximate surface area is 185 Å². The van der Waals surface area contributed by atoms with Crippen molar-refractivity contribution in [2.75, 3.05) is 26.2 Å². The predicted molar refractivity (Wildman–Crippen MR) is 123 cm³/mol. The van der Waals surface area contributed by atoms with Crippen LogP contribution in [0, 0.1) is 5.92 Å². The van der Waals surface area contributed by atoms with Gasteiger partial charge in [-0.15, -0.1) is 0 Å². The van der Waals surface area contributed by atoms with Gasteiger partial charge in [-0.25, -0.2) is 0 Å². The first-order valence-corrected chi connectivity index (χ1v) is 11.5. The number of aryl methyl sites for hydroxylation is 1. The van der Waals surface area contributed by atoms with Gasteiger partial charge in [0.15, 0.2) is 0 Å². The van der Waals surface area contributed by atoms with Crippen LogP contribution >= 0.6 is 11.6 Å². The van der Waals surface area contributed by atoms with Gasteiger partial charge in [0.1, 0.15) is 5.75 Å². The van der Waals surface area contributed by atoms with Gasteiger partial charge in [-0.05, 0) is 61.9 Å². The molecule has 1 aliphatic rings. The number of likely N-dealkylation sites (tertiary alicyclic amines) is 1. The van der Waals surface area contributed by atoms with Crippen molar-refractivity contribution in [1.29, 1.82) is 0 Å². The minimum absolute atomic E-state index is 0.0569. The second-order valence-corrected chi connectivity index (χ2v) is 8.42. The number of para-hydroxylation sites is 1. The van der Waals surface area contributed by atoms with Gasteiger partial charge in [0.05, 0.1) is 12.5 Å². The first-order valence-electron chi connectivity index (χ1n) is 11.1. The van der Waals surface area contributed by atoms with E-state index in [2.05, 4.69) is 29.3 Å². The van der Waals surface area contributed by atoms with Crippen LogP contribution in [0.1, 0.15) is 43.7 Å². The lowest BCUT2D eigenvalue weighted by molar-refractivity contribution is -0.126. The zero-order chi connectivity index (χ0) is 21.2. The van der Waals surface area contributed by atoms with Crippen LogP contribution < -0.4 is 10.1 Å². The highest BCUT2D eigenvalue weighted by atomic mass is 35.5. The minimum atomic E-state index is 0.0569. The monoisotopic (exact) mass is 428 g/mol. The Hall–Kier alpha value is -2.04. The lowest BCUT2D eigenvalue weighted by atomic mass is 9.96. The van der Waals surface area contributed by atoms with Gasteiger partial charge in [0, 0.05) is 24.7 Å². The third-order valence-electron chi connectivity index (χ3n) is 5.58. The normalized spacial score (nSPS) is 16.9. The highest BCUT2D eigenvalue weighted by molar-refractivity contribution is 6.31. The molecule has 162 valence electrons. The second-order valence-electron chi connectivity index (χ2n) is 8.02. The number of halogens is 1. The lowest BCUT2D eigenvalue weighted by Crippen LogP contribution is -2.43. The Morgan fingerprint density at radius 1 is 1.17 bits per heavy atom. The molecule has 2 aromatic carbocycles. The summed E-state index contributed by atoms with van der Waals surface area (Å²) in [6, 6.07) is 16.1. The van der Waals surface area contributed by atoms with Gasteiger partial charge in [0.2, 0.25) is 5.91 Å². The third kappa shape index (κ3) is 6.75. The molecule has 30 heavy (non-hydrogen) atoms. The van der Waals surface area contributed by atoms with Crippen LogP contribution in [0.4, 0.5) is 0 Å². The average Bonchev–Trinajstić information content (AvgIpc) is 2.77. The molecule has 0 unspecified atom stereocenters. The quantitative estimate of drug-likeness (QED) is 0.536. The van der Waals surface area contributed by atoms with E-state index in [0.29, 0.717) is 6.54 Å². The summed E-state index contributed by atoms with van der Waals surface area (Å²) in [5.41, 5.74) is 2.34. The summed E-state index contributed by atoms with van der Waals surface area (Å²) in [7, 11) is 0. The largest absolute Gasteiger partial charge is 0.493 e. The molecular formula is C25H33ClN2O2.